The molecule has 0 fully saturated rings. The predicted octanol–water partition coefficient (Wildman–Crippen LogP) is 2.29. The summed E-state index contributed by atoms with van der Waals surface area (Å²) in [6.07, 6.45) is 5.56. The van der Waals surface area contributed by atoms with Crippen LogP contribution in [0.1, 0.15) is 33.7 Å². The number of imidazole rings is 1. The molecule has 6 aromatic rings. The summed E-state index contributed by atoms with van der Waals surface area (Å²) in [7, 11) is 0. The minimum atomic E-state index is -2.90. The zero-order valence-electron chi connectivity index (χ0n) is 27.1. The maximum atomic E-state index is 14.0. The van der Waals surface area contributed by atoms with Gasteiger partial charge in [-0.3, -0.25) is 18.7 Å². The van der Waals surface area contributed by atoms with E-state index in [1.165, 1.54) is 36.2 Å². The van der Waals surface area contributed by atoms with Crippen molar-refractivity contribution in [1.29, 1.82) is 0 Å². The molecule has 1 unspecified atom stereocenters. The van der Waals surface area contributed by atoms with E-state index in [0.717, 1.165) is 0 Å². The van der Waals surface area contributed by atoms with E-state index in [-0.39, 0.29) is 45.4 Å². The molecule has 0 amide bonds. The number of fused-ring (bicyclic) bond motifs is 3. The van der Waals surface area contributed by atoms with Gasteiger partial charge in [-0.2, -0.15) is 4.80 Å². The average molecular weight is 516 g/mol. The third-order valence-electron chi connectivity index (χ3n) is 5.99. The van der Waals surface area contributed by atoms with Gasteiger partial charge in [0.2, 0.25) is 11.8 Å². The Kier molecular flexibility index (Phi) is 3.79. The Morgan fingerprint density at radius 2 is 1.97 bits per heavy atom. The van der Waals surface area contributed by atoms with Gasteiger partial charge in [-0.25, -0.2) is 15.0 Å². The van der Waals surface area contributed by atoms with Crippen molar-refractivity contribution >= 4 is 28.2 Å². The molecule has 3 N–H and O–H groups in total. The van der Waals surface area contributed by atoms with E-state index >= 15 is 0 Å². The van der Waals surface area contributed by atoms with Gasteiger partial charge in [-0.05, 0) is 48.4 Å². The van der Waals surface area contributed by atoms with Crippen LogP contribution in [0, 0.1) is 6.92 Å². The average Bonchev–Trinajstić information content (AvgIpc) is 3.61. The second kappa shape index (κ2) is 8.73. The molecule has 1 atom stereocenters. The maximum absolute atomic E-state index is 14.0. The topological polar surface area (TPSA) is 160 Å². The van der Waals surface area contributed by atoms with Gasteiger partial charge in [0.1, 0.15) is 23.4 Å². The van der Waals surface area contributed by atoms with Crippen LogP contribution < -0.4 is 16.6 Å². The number of benzene rings is 1. The summed E-state index contributed by atoms with van der Waals surface area (Å²) in [5.74, 6) is -0.0901. The van der Waals surface area contributed by atoms with Crippen LogP contribution in [0.4, 0.5) is 11.6 Å². The molecular formula is C25H24N12O. The van der Waals surface area contributed by atoms with Gasteiger partial charge >= 0.3 is 0 Å². The van der Waals surface area contributed by atoms with Gasteiger partial charge < -0.3 is 11.1 Å². The number of anilines is 2. The van der Waals surface area contributed by atoms with Crippen LogP contribution >= 0.6 is 0 Å². The number of rotatable bonds is 5. The summed E-state index contributed by atoms with van der Waals surface area (Å²) in [5.41, 5.74) is 6.73. The molecule has 0 spiro atoms. The fraction of sp³-hybridized carbons (Fsp3) is 0.200. The van der Waals surface area contributed by atoms with Crippen molar-refractivity contribution in [3.63, 3.8) is 0 Å². The first-order valence-electron chi connectivity index (χ1n) is 14.8. The number of aryl methyl sites for hydroxylation is 3. The van der Waals surface area contributed by atoms with Crippen molar-refractivity contribution in [3.8, 4) is 22.8 Å². The molecule has 6 rings (SSSR count). The molecule has 13 nitrogen and oxygen atoms in total. The van der Waals surface area contributed by atoms with Crippen LogP contribution in [0.5, 0.6) is 0 Å². The Morgan fingerprint density at radius 3 is 2.74 bits per heavy atom. The zero-order valence-corrected chi connectivity index (χ0v) is 20.1. The van der Waals surface area contributed by atoms with E-state index in [2.05, 4.69) is 40.7 Å². The highest BCUT2D eigenvalue weighted by atomic mass is 16.1. The molecule has 13 heteroatoms. The number of nitrogens with one attached hydrogen (secondary N) is 1. The van der Waals surface area contributed by atoms with Gasteiger partial charge in [-0.1, -0.05) is 6.07 Å². The van der Waals surface area contributed by atoms with Crippen molar-refractivity contribution in [2.75, 3.05) is 11.1 Å². The maximum Gasteiger partial charge on any atom is 0.261 e. The first-order chi connectivity index (χ1) is 21.1. The molecular weight excluding hydrogens is 484 g/mol. The minimum absolute atomic E-state index is 0.000611. The summed E-state index contributed by atoms with van der Waals surface area (Å²) in [6.45, 7) is -2.29. The van der Waals surface area contributed by atoms with Gasteiger partial charge in [-0.15, -0.1) is 10.2 Å². The summed E-state index contributed by atoms with van der Waals surface area (Å²) < 4.78 is 58.9. The van der Waals surface area contributed by atoms with Crippen molar-refractivity contribution in [1.82, 2.24) is 49.1 Å². The van der Waals surface area contributed by atoms with Crippen LogP contribution in [0.3, 0.4) is 0 Å². The van der Waals surface area contributed by atoms with Crippen LogP contribution in [0.25, 0.3) is 39.3 Å². The quantitative estimate of drug-likeness (QED) is 0.349. The van der Waals surface area contributed by atoms with E-state index in [9.17, 15) is 6.17 Å². The zero-order chi connectivity index (χ0) is 32.5. The Bertz CT molecular complexity index is 2150. The molecule has 1 aromatic carbocycles. The molecule has 0 aliphatic rings. The minimum Gasteiger partial charge on any atom is -0.377 e. The SMILES string of the molecule is [2H]C(C)(Nc1cccnc1-c1nnn(C([2H])([2H])[2H])n1)c1cc(C)cc2c(=O)n(C([2H])([2H])[2H])c3c(-c4cnc(N)nc4)ncn3c12. The number of nitrogen functional groups attached to an aromatic ring is 1. The van der Waals surface area contributed by atoms with Gasteiger partial charge in [0.15, 0.2) is 0 Å². The Balaban J connectivity index is 1.59. The molecule has 0 saturated heterocycles. The van der Waals surface area contributed by atoms with Crippen LogP contribution in [-0.2, 0) is 14.0 Å². The third kappa shape index (κ3) is 3.72. The number of aromatic nitrogens is 10. The van der Waals surface area contributed by atoms with E-state index in [1.807, 2.05) is 0 Å². The van der Waals surface area contributed by atoms with E-state index < -0.39 is 25.5 Å². The highest BCUT2D eigenvalue weighted by molar-refractivity contribution is 5.88. The van der Waals surface area contributed by atoms with Gasteiger partial charge in [0.25, 0.3) is 5.56 Å². The summed E-state index contributed by atoms with van der Waals surface area (Å²) in [5, 5.41) is 14.5. The number of hydrogen-bond acceptors (Lipinski definition) is 10. The second-order valence-corrected chi connectivity index (χ2v) is 8.52. The van der Waals surface area contributed by atoms with E-state index in [0.29, 0.717) is 26.1 Å². The monoisotopic (exact) mass is 515 g/mol. The van der Waals surface area contributed by atoms with Crippen LogP contribution in [0.15, 0.2) is 54.0 Å². The molecule has 5 heterocycles. The Hall–Kier alpha value is -5.20. The summed E-state index contributed by atoms with van der Waals surface area (Å²) in [4.78, 5) is 31.2. The smallest absolute Gasteiger partial charge is 0.261 e. The lowest BCUT2D eigenvalue weighted by Gasteiger charge is -2.21. The van der Waals surface area contributed by atoms with E-state index in [4.69, 9.17) is 14.0 Å². The fourth-order valence-electron chi connectivity index (χ4n) is 4.35. The highest BCUT2D eigenvalue weighted by Crippen LogP contribution is 2.32. The number of hydrogen-bond donors (Lipinski definition) is 2. The second-order valence-electron chi connectivity index (χ2n) is 8.52. The number of nitrogens with two attached hydrogens (primary N) is 1. The normalized spacial score (nSPS) is 16.5. The standard InChI is InChI=1S/C25H24N12O/c1-13-8-16(14(2)31-18-6-5-7-27-20(18)22-32-34-36(4)33-22)21-17(9-13)24(38)35(3)23-19(30-12-37(21)23)15-10-28-25(26)29-11-15/h5-12,14,31H,1-4H3,(H2,26,28,29)/i3D3,4D3,14D. The lowest BCUT2D eigenvalue weighted by Crippen LogP contribution is -2.21. The van der Waals surface area contributed by atoms with Gasteiger partial charge in [0, 0.05) is 39.4 Å². The first-order valence-corrected chi connectivity index (χ1v) is 11.3. The molecule has 0 bridgehead atoms. The Labute approximate surface area is 225 Å². The Morgan fingerprint density at radius 1 is 1.13 bits per heavy atom. The molecule has 0 aliphatic carbocycles. The lowest BCUT2D eigenvalue weighted by atomic mass is 10.0. The van der Waals surface area contributed by atoms with Crippen molar-refractivity contribution in [3.05, 3.63) is 70.7 Å². The van der Waals surface area contributed by atoms with Crippen LogP contribution in [-0.4, -0.2) is 49.1 Å². The molecule has 0 aliphatic heterocycles. The summed E-state index contributed by atoms with van der Waals surface area (Å²) >= 11 is 0. The molecule has 0 saturated carbocycles. The number of tetrazole rings is 1. The van der Waals surface area contributed by atoms with E-state index in [1.54, 1.807) is 31.2 Å². The molecule has 5 aromatic heterocycles. The van der Waals surface area contributed by atoms with Crippen molar-refractivity contribution < 1.29 is 9.60 Å². The highest BCUT2D eigenvalue weighted by Gasteiger charge is 2.22. The largest absolute Gasteiger partial charge is 0.377 e. The predicted molar refractivity (Wildman–Crippen MR) is 142 cm³/mol. The molecule has 38 heavy (non-hydrogen) atoms. The van der Waals surface area contributed by atoms with Crippen LogP contribution in [0.2, 0.25) is 0 Å². The molecule has 190 valence electrons. The number of nitrogens with zero attached hydrogens (tertiary/aromatic N) is 10. The lowest BCUT2D eigenvalue weighted by molar-refractivity contribution is 0.630. The third-order valence-corrected chi connectivity index (χ3v) is 5.99. The first kappa shape index (κ1) is 16.5. The van der Waals surface area contributed by atoms with Crippen molar-refractivity contribution in [2.45, 2.75) is 19.9 Å². The number of pyridine rings is 1. The fourth-order valence-corrected chi connectivity index (χ4v) is 4.35. The molecule has 0 radical (unpaired) electrons. The van der Waals surface area contributed by atoms with Gasteiger partial charge in [0.05, 0.1) is 31.0 Å². The van der Waals surface area contributed by atoms with Crippen molar-refractivity contribution in [2.24, 2.45) is 14.0 Å². The summed E-state index contributed by atoms with van der Waals surface area (Å²) in [6, 6.07) is 4.76.